The van der Waals surface area contributed by atoms with Gasteiger partial charge in [0.15, 0.2) is 0 Å². The van der Waals surface area contributed by atoms with Crippen LogP contribution in [0.4, 0.5) is 4.39 Å². The number of alkyl halides is 1. The zero-order valence-electron chi connectivity index (χ0n) is 14.6. The molecule has 3 heteroatoms. The van der Waals surface area contributed by atoms with Gasteiger partial charge < -0.3 is 9.22 Å². The lowest BCUT2D eigenvalue weighted by Gasteiger charge is -2.25. The highest BCUT2D eigenvalue weighted by Gasteiger charge is 2.17. The molecule has 1 unspecified atom stereocenters. The molecule has 0 aromatic heterocycles. The van der Waals surface area contributed by atoms with Crippen molar-refractivity contribution in [3.05, 3.63) is 60.2 Å². The second-order valence-corrected chi connectivity index (χ2v) is 7.34. The Bertz CT molecular complexity index is 838. The van der Waals surface area contributed by atoms with Gasteiger partial charge in [0.05, 0.1) is 27.7 Å². The van der Waals surface area contributed by atoms with Crippen LogP contribution in [0.25, 0.3) is 21.5 Å². The van der Waals surface area contributed by atoms with Crippen LogP contribution < -0.4 is 0 Å². The molecule has 126 valence electrons. The minimum Gasteiger partial charge on any atom is -0.343 e. The molecule has 0 aliphatic heterocycles. The first-order valence-corrected chi connectivity index (χ1v) is 8.39. The van der Waals surface area contributed by atoms with Crippen molar-refractivity contribution in [2.45, 2.75) is 12.8 Å². The summed E-state index contributed by atoms with van der Waals surface area (Å²) in [5, 5.41) is 4.91. The largest absolute Gasteiger partial charge is 0.343 e. The minimum atomic E-state index is -1.22. The molecule has 1 atom stereocenters. The molecule has 0 saturated carbocycles. The fraction of sp³-hybridized carbons (Fsp3) is 0.333. The average Bonchev–Trinajstić information content (AvgIpc) is 2.51. The van der Waals surface area contributed by atoms with E-state index in [2.05, 4.69) is 54.6 Å². The first-order valence-electron chi connectivity index (χ1n) is 8.39. The van der Waals surface area contributed by atoms with E-state index in [0.717, 1.165) is 0 Å². The SMILES string of the molecule is C[N+](C)(C)CC([18F])OCCc1cccc2cc3ccccc3cc12. The monoisotopic (exact) mass is 325 g/mol. The van der Waals surface area contributed by atoms with Gasteiger partial charge in [-0.3, -0.25) is 0 Å². The maximum Gasteiger partial charge on any atom is 0.248 e. The summed E-state index contributed by atoms with van der Waals surface area (Å²) in [6, 6.07) is 19.1. The standard InChI is InChI=1S/C21H25FNO/c1-23(2,3)15-21(22)24-12-11-16-9-6-10-19-13-17-7-4-5-8-18(17)14-20(16)19/h4-10,13-14,21H,11-12,15H2,1-3H3/q+1/i22-1. The lowest BCUT2D eigenvalue weighted by atomic mass is 9.98. The molecule has 2 nitrogen and oxygen atoms in total. The van der Waals surface area contributed by atoms with Gasteiger partial charge in [-0.15, -0.1) is 0 Å². The van der Waals surface area contributed by atoms with E-state index in [-0.39, 0.29) is 0 Å². The van der Waals surface area contributed by atoms with E-state index in [1.807, 2.05) is 21.1 Å². The minimum absolute atomic E-state index is 0.361. The molecule has 3 aromatic rings. The number of quaternary nitrogens is 1. The Kier molecular flexibility index (Phi) is 4.83. The van der Waals surface area contributed by atoms with Gasteiger partial charge in [-0.25, -0.2) is 4.39 Å². The Hall–Kier alpha value is -1.97. The van der Waals surface area contributed by atoms with Gasteiger partial charge in [0.25, 0.3) is 0 Å². The predicted molar refractivity (Wildman–Crippen MR) is 98.9 cm³/mol. The topological polar surface area (TPSA) is 9.23 Å². The van der Waals surface area contributed by atoms with E-state index in [4.69, 9.17) is 4.74 Å². The van der Waals surface area contributed by atoms with Gasteiger partial charge in [0.2, 0.25) is 6.36 Å². The number of nitrogens with zero attached hydrogens (tertiary/aromatic N) is 1. The quantitative estimate of drug-likeness (QED) is 0.477. The number of fused-ring (bicyclic) bond motifs is 2. The molecule has 0 radical (unpaired) electrons. The van der Waals surface area contributed by atoms with E-state index in [1.165, 1.54) is 27.1 Å². The Labute approximate surface area is 143 Å². The van der Waals surface area contributed by atoms with Gasteiger partial charge in [0, 0.05) is 0 Å². The van der Waals surface area contributed by atoms with Crippen LogP contribution in [0.15, 0.2) is 54.6 Å². The number of halogens is 1. The molecule has 0 spiro atoms. The van der Waals surface area contributed by atoms with Gasteiger partial charge in [0.1, 0.15) is 6.54 Å². The van der Waals surface area contributed by atoms with Gasteiger partial charge in [-0.05, 0) is 45.7 Å². The van der Waals surface area contributed by atoms with Crippen LogP contribution in [-0.4, -0.2) is 45.1 Å². The second-order valence-electron chi connectivity index (χ2n) is 7.34. The fourth-order valence-corrected chi connectivity index (χ4v) is 3.03. The normalized spacial score (nSPS) is 13.5. The van der Waals surface area contributed by atoms with Crippen LogP contribution in [0, 0.1) is 0 Å². The highest BCUT2D eigenvalue weighted by molar-refractivity contribution is 5.99. The van der Waals surface area contributed by atoms with E-state index in [1.54, 1.807) is 0 Å². The zero-order valence-corrected chi connectivity index (χ0v) is 14.6. The summed E-state index contributed by atoms with van der Waals surface area (Å²) in [7, 11) is 5.89. The first-order chi connectivity index (χ1) is 11.4. The lowest BCUT2D eigenvalue weighted by molar-refractivity contribution is -0.875. The third kappa shape index (κ3) is 4.11. The number of hydrogen-bond acceptors (Lipinski definition) is 1. The molecule has 3 rings (SSSR count). The molecule has 0 fully saturated rings. The van der Waals surface area contributed by atoms with Crippen molar-refractivity contribution in [2.24, 2.45) is 0 Å². The van der Waals surface area contributed by atoms with Crippen LogP contribution in [0.1, 0.15) is 5.56 Å². The van der Waals surface area contributed by atoms with E-state index >= 15 is 0 Å². The molecule has 24 heavy (non-hydrogen) atoms. The molecule has 0 heterocycles. The summed E-state index contributed by atoms with van der Waals surface area (Å²) in [4.78, 5) is 0. The van der Waals surface area contributed by atoms with Gasteiger partial charge in [-0.1, -0.05) is 42.5 Å². The molecule has 0 amide bonds. The van der Waals surface area contributed by atoms with Gasteiger partial charge in [-0.2, -0.15) is 0 Å². The van der Waals surface area contributed by atoms with E-state index in [9.17, 15) is 4.39 Å². The van der Waals surface area contributed by atoms with Crippen LogP contribution in [-0.2, 0) is 11.2 Å². The molecule has 0 aliphatic rings. The molecule has 0 aliphatic carbocycles. The zero-order chi connectivity index (χ0) is 17.2. The Morgan fingerprint density at radius 1 is 0.917 bits per heavy atom. The summed E-state index contributed by atoms with van der Waals surface area (Å²) in [6.07, 6.45) is -0.506. The summed E-state index contributed by atoms with van der Waals surface area (Å²) >= 11 is 0. The smallest absolute Gasteiger partial charge is 0.248 e. The summed E-state index contributed by atoms with van der Waals surface area (Å²) in [5.74, 6) is 0. The lowest BCUT2D eigenvalue weighted by Crippen LogP contribution is -2.41. The van der Waals surface area contributed by atoms with Crippen molar-refractivity contribution in [2.75, 3.05) is 34.3 Å². The third-order valence-electron chi connectivity index (χ3n) is 4.20. The Balaban J connectivity index is 1.76. The molecule has 0 saturated heterocycles. The highest BCUT2D eigenvalue weighted by Crippen LogP contribution is 2.26. The molecule has 3 aromatic carbocycles. The molecule has 0 N–H and O–H groups in total. The van der Waals surface area contributed by atoms with Crippen molar-refractivity contribution in [3.63, 3.8) is 0 Å². The molecular weight excluding hydrogens is 300 g/mol. The number of likely N-dealkylation sites (N-methyl/N-ethyl adjacent to an activating group) is 1. The van der Waals surface area contributed by atoms with Crippen LogP contribution >= 0.6 is 0 Å². The predicted octanol–water partition coefficient (Wildman–Crippen LogP) is 4.55. The highest BCUT2D eigenvalue weighted by atomic mass is 18.2. The maximum atomic E-state index is 13.9. The third-order valence-corrected chi connectivity index (χ3v) is 4.20. The molecule has 0 bridgehead atoms. The molecular formula is C21H25FNO+. The van der Waals surface area contributed by atoms with Crippen LogP contribution in [0.3, 0.4) is 0 Å². The summed E-state index contributed by atoms with van der Waals surface area (Å²) < 4.78 is 19.8. The second kappa shape index (κ2) is 6.88. The van der Waals surface area contributed by atoms with Crippen molar-refractivity contribution in [1.82, 2.24) is 0 Å². The van der Waals surface area contributed by atoms with Crippen LogP contribution in [0.2, 0.25) is 0 Å². The summed E-state index contributed by atoms with van der Waals surface area (Å²) in [5.41, 5.74) is 1.20. The van der Waals surface area contributed by atoms with Crippen molar-refractivity contribution in [1.29, 1.82) is 0 Å². The van der Waals surface area contributed by atoms with E-state index < -0.39 is 6.36 Å². The number of hydrogen-bond donors (Lipinski definition) is 0. The number of ether oxygens (including phenoxy) is 1. The van der Waals surface area contributed by atoms with E-state index in [0.29, 0.717) is 24.1 Å². The average molecular weight is 325 g/mol. The van der Waals surface area contributed by atoms with Crippen molar-refractivity contribution in [3.8, 4) is 0 Å². The number of rotatable bonds is 6. The summed E-state index contributed by atoms with van der Waals surface area (Å²) in [6.45, 7) is 0.757. The van der Waals surface area contributed by atoms with Gasteiger partial charge >= 0.3 is 0 Å². The van der Waals surface area contributed by atoms with Crippen molar-refractivity contribution < 1.29 is 13.6 Å². The Morgan fingerprint density at radius 2 is 1.58 bits per heavy atom. The fourth-order valence-electron chi connectivity index (χ4n) is 3.03. The maximum absolute atomic E-state index is 13.9. The Morgan fingerprint density at radius 3 is 2.29 bits per heavy atom. The van der Waals surface area contributed by atoms with Crippen molar-refractivity contribution >= 4 is 21.5 Å². The van der Waals surface area contributed by atoms with Crippen LogP contribution in [0.5, 0.6) is 0 Å². The number of benzene rings is 3. The first kappa shape index (κ1) is 16.9.